The number of halogens is 2. The molecule has 0 unspecified atom stereocenters. The number of hydrogen-bond donors (Lipinski definition) is 1. The molecule has 0 aromatic heterocycles. The Hall–Kier alpha value is -1.79. The van der Waals surface area contributed by atoms with Gasteiger partial charge in [0.15, 0.2) is 6.61 Å². The van der Waals surface area contributed by atoms with Crippen molar-refractivity contribution in [2.24, 2.45) is 5.41 Å². The Balaban J connectivity index is 1.77. The summed E-state index contributed by atoms with van der Waals surface area (Å²) >= 11 is 11.8. The van der Waals surface area contributed by atoms with Gasteiger partial charge in [-0.2, -0.15) is 0 Å². The average molecular weight is 387 g/mol. The third-order valence-corrected chi connectivity index (χ3v) is 5.28. The van der Waals surface area contributed by atoms with Gasteiger partial charge in [-0.1, -0.05) is 17.7 Å². The lowest BCUT2D eigenvalue weighted by molar-refractivity contribution is -0.156. The van der Waals surface area contributed by atoms with Crippen LogP contribution in [0.15, 0.2) is 24.3 Å². The fourth-order valence-electron chi connectivity index (χ4n) is 2.16. The minimum atomic E-state index is -1.15. The predicted octanol–water partition coefficient (Wildman–Crippen LogP) is 2.52. The monoisotopic (exact) mass is 386 g/mol. The summed E-state index contributed by atoms with van der Waals surface area (Å²) in [4.78, 5) is 37.0. The van der Waals surface area contributed by atoms with Crippen LogP contribution in [0.1, 0.15) is 18.9 Å². The number of ether oxygens (including phenoxy) is 1. The summed E-state index contributed by atoms with van der Waals surface area (Å²) in [7, 11) is 1.46. The Bertz CT molecular complexity index is 690. The maximum absolute atomic E-state index is 12.0. The average Bonchev–Trinajstić information content (AvgIpc) is 3.06. The molecular weight excluding hydrogens is 367 g/mol. The van der Waals surface area contributed by atoms with E-state index in [1.54, 1.807) is 19.1 Å². The van der Waals surface area contributed by atoms with Gasteiger partial charge in [0.2, 0.25) is 5.91 Å². The van der Waals surface area contributed by atoms with E-state index in [4.69, 9.17) is 27.9 Å². The number of amides is 2. The molecule has 2 rings (SSSR count). The largest absolute Gasteiger partial charge is 0.455 e. The molecule has 6 nitrogen and oxygen atoms in total. The van der Waals surface area contributed by atoms with E-state index in [1.165, 1.54) is 11.9 Å². The van der Waals surface area contributed by atoms with Crippen molar-refractivity contribution >= 4 is 46.7 Å². The lowest BCUT2D eigenvalue weighted by Crippen LogP contribution is -2.38. The molecule has 0 heterocycles. The zero-order valence-corrected chi connectivity index (χ0v) is 15.8. The van der Waals surface area contributed by atoms with Gasteiger partial charge in [0.05, 0.1) is 6.54 Å². The van der Waals surface area contributed by atoms with Crippen molar-refractivity contribution in [3.8, 4) is 0 Å². The summed E-state index contributed by atoms with van der Waals surface area (Å²) < 4.78 is 3.82. The van der Waals surface area contributed by atoms with Gasteiger partial charge >= 0.3 is 5.97 Å². The summed E-state index contributed by atoms with van der Waals surface area (Å²) in [5, 5.41) is 2.69. The van der Waals surface area contributed by atoms with Crippen molar-refractivity contribution in [3.63, 3.8) is 0 Å². The lowest BCUT2D eigenvalue weighted by atomic mass is 10.1. The van der Waals surface area contributed by atoms with Crippen LogP contribution >= 0.6 is 23.2 Å². The number of anilines is 1. The van der Waals surface area contributed by atoms with Crippen LogP contribution in [0.2, 0.25) is 0 Å². The van der Waals surface area contributed by atoms with Crippen LogP contribution in [0.3, 0.4) is 0 Å². The van der Waals surface area contributed by atoms with Crippen LogP contribution in [-0.2, 0) is 19.1 Å². The van der Waals surface area contributed by atoms with Gasteiger partial charge in [0.25, 0.3) is 5.91 Å². The predicted molar refractivity (Wildman–Crippen MR) is 95.6 cm³/mol. The van der Waals surface area contributed by atoms with Crippen molar-refractivity contribution in [1.82, 2.24) is 4.90 Å². The number of hydrogen-bond acceptors (Lipinski definition) is 4. The van der Waals surface area contributed by atoms with Crippen molar-refractivity contribution in [1.29, 1.82) is 0 Å². The standard InChI is InChI=1S/C17H20Cl2N2O4/c1-11-4-6-12(7-5-11)20-13(22)8-21(3)14(23)9-25-15(24)16(2)10-17(16,18)19/h4-7H,8-10H2,1-3H3,(H,20,22)/t16-/m1/s1. The first-order valence-electron chi connectivity index (χ1n) is 7.71. The SMILES string of the molecule is Cc1ccc(NC(=O)CN(C)C(=O)COC(=O)[C@@]2(C)CC2(Cl)Cl)cc1. The second-order valence-electron chi connectivity index (χ2n) is 6.45. The molecule has 1 aromatic carbocycles. The summed E-state index contributed by atoms with van der Waals surface area (Å²) in [6.45, 7) is 2.90. The molecule has 0 aliphatic heterocycles. The van der Waals surface area contributed by atoms with Gasteiger partial charge in [0, 0.05) is 19.2 Å². The highest BCUT2D eigenvalue weighted by Gasteiger charge is 2.69. The molecule has 25 heavy (non-hydrogen) atoms. The van der Waals surface area contributed by atoms with Crippen LogP contribution in [0.25, 0.3) is 0 Å². The molecule has 1 atom stereocenters. The molecule has 0 radical (unpaired) electrons. The zero-order chi connectivity index (χ0) is 18.8. The van der Waals surface area contributed by atoms with Gasteiger partial charge < -0.3 is 15.0 Å². The van der Waals surface area contributed by atoms with Gasteiger partial charge in [0.1, 0.15) is 9.75 Å². The van der Waals surface area contributed by atoms with Crippen molar-refractivity contribution in [2.45, 2.75) is 24.6 Å². The number of esters is 1. The van der Waals surface area contributed by atoms with Crippen molar-refractivity contribution in [2.75, 3.05) is 25.5 Å². The molecule has 136 valence electrons. The van der Waals surface area contributed by atoms with Gasteiger partial charge in [-0.3, -0.25) is 14.4 Å². The van der Waals surface area contributed by atoms with Gasteiger partial charge in [-0.05, 0) is 26.0 Å². The zero-order valence-electron chi connectivity index (χ0n) is 14.3. The van der Waals surface area contributed by atoms with E-state index in [2.05, 4.69) is 5.32 Å². The van der Waals surface area contributed by atoms with Crippen LogP contribution in [0.5, 0.6) is 0 Å². The molecule has 0 bridgehead atoms. The molecule has 1 aromatic rings. The highest BCUT2D eigenvalue weighted by molar-refractivity contribution is 6.53. The van der Waals surface area contributed by atoms with E-state index >= 15 is 0 Å². The maximum Gasteiger partial charge on any atom is 0.315 e. The maximum atomic E-state index is 12.0. The first-order valence-corrected chi connectivity index (χ1v) is 8.46. The van der Waals surface area contributed by atoms with E-state index in [9.17, 15) is 14.4 Å². The fourth-order valence-corrected chi connectivity index (χ4v) is 2.85. The molecule has 0 saturated heterocycles. The number of aryl methyl sites for hydroxylation is 1. The number of alkyl halides is 2. The molecule has 8 heteroatoms. The van der Waals surface area contributed by atoms with Crippen molar-refractivity contribution < 1.29 is 19.1 Å². The molecular formula is C17H20Cl2N2O4. The molecule has 1 fully saturated rings. The van der Waals surface area contributed by atoms with Gasteiger partial charge in [-0.25, -0.2) is 0 Å². The topological polar surface area (TPSA) is 75.7 Å². The number of nitrogens with zero attached hydrogens (tertiary/aromatic N) is 1. The Kier molecular flexibility index (Phi) is 5.64. The van der Waals surface area contributed by atoms with E-state index in [1.807, 2.05) is 19.1 Å². The van der Waals surface area contributed by atoms with Gasteiger partial charge in [-0.15, -0.1) is 23.2 Å². The highest BCUT2D eigenvalue weighted by atomic mass is 35.5. The van der Waals surface area contributed by atoms with E-state index < -0.39 is 28.2 Å². The molecule has 1 aliphatic rings. The molecule has 0 spiro atoms. The van der Waals surface area contributed by atoms with Crippen LogP contribution in [0.4, 0.5) is 5.69 Å². The number of likely N-dealkylation sites (N-methyl/N-ethyl adjacent to an activating group) is 1. The molecule has 1 saturated carbocycles. The highest BCUT2D eigenvalue weighted by Crippen LogP contribution is 2.64. The third-order valence-electron chi connectivity index (χ3n) is 4.18. The molecule has 2 amide bonds. The van der Waals surface area contributed by atoms with Crippen LogP contribution < -0.4 is 5.32 Å². The smallest absolute Gasteiger partial charge is 0.315 e. The lowest BCUT2D eigenvalue weighted by Gasteiger charge is -2.18. The molecule has 1 aliphatic carbocycles. The second-order valence-corrected chi connectivity index (χ2v) is 7.94. The fraction of sp³-hybridized carbons (Fsp3) is 0.471. The quantitative estimate of drug-likeness (QED) is 0.601. The van der Waals surface area contributed by atoms with E-state index in [0.717, 1.165) is 5.56 Å². The van der Waals surface area contributed by atoms with E-state index in [-0.39, 0.29) is 18.9 Å². The Labute approximate surface area is 156 Å². The Morgan fingerprint density at radius 1 is 1.24 bits per heavy atom. The molecule has 1 N–H and O–H groups in total. The van der Waals surface area contributed by atoms with Crippen molar-refractivity contribution in [3.05, 3.63) is 29.8 Å². The van der Waals surface area contributed by atoms with E-state index in [0.29, 0.717) is 5.69 Å². The van der Waals surface area contributed by atoms with Crippen LogP contribution in [0, 0.1) is 12.3 Å². The summed E-state index contributed by atoms with van der Waals surface area (Å²) in [6.07, 6.45) is 0.283. The number of carbonyl (C=O) groups excluding carboxylic acids is 3. The Morgan fingerprint density at radius 2 is 1.80 bits per heavy atom. The first kappa shape index (κ1) is 19.5. The minimum Gasteiger partial charge on any atom is -0.455 e. The summed E-state index contributed by atoms with van der Waals surface area (Å²) in [5.74, 6) is -1.46. The summed E-state index contributed by atoms with van der Waals surface area (Å²) in [5.41, 5.74) is 0.733. The third kappa shape index (κ3) is 4.64. The second kappa shape index (κ2) is 7.22. The summed E-state index contributed by atoms with van der Waals surface area (Å²) in [6, 6.07) is 7.29. The number of rotatable bonds is 6. The number of benzene rings is 1. The Morgan fingerprint density at radius 3 is 2.32 bits per heavy atom. The number of carbonyl (C=O) groups is 3. The normalized spacial score (nSPS) is 20.5. The minimum absolute atomic E-state index is 0.156. The van der Waals surface area contributed by atoms with Crippen LogP contribution in [-0.4, -0.2) is 47.2 Å². The number of nitrogens with one attached hydrogen (secondary N) is 1. The first-order chi connectivity index (χ1) is 11.5.